The fourth-order valence-electron chi connectivity index (χ4n) is 2.24. The molecule has 7 nitrogen and oxygen atoms in total. The molecule has 0 spiro atoms. The van der Waals surface area contributed by atoms with Gasteiger partial charge < -0.3 is 19.7 Å². The van der Waals surface area contributed by atoms with Gasteiger partial charge in [-0.15, -0.1) is 13.2 Å². The van der Waals surface area contributed by atoms with Crippen LogP contribution in [0, 0.1) is 0 Å². The maximum Gasteiger partial charge on any atom is 0.573 e. The minimum absolute atomic E-state index is 0.0111. The molecule has 0 fully saturated rings. The van der Waals surface area contributed by atoms with E-state index < -0.39 is 18.0 Å². The van der Waals surface area contributed by atoms with Crippen molar-refractivity contribution in [1.82, 2.24) is 15.5 Å². The molecule has 3 rings (SSSR count). The summed E-state index contributed by atoms with van der Waals surface area (Å²) in [5.74, 6) is -1.31. The number of phenolic OH excluding ortho intramolecular Hbond substituents is 1. The van der Waals surface area contributed by atoms with Crippen molar-refractivity contribution in [2.24, 2.45) is 0 Å². The summed E-state index contributed by atoms with van der Waals surface area (Å²) >= 11 is 6.35. The number of aromatic nitrogens is 2. The lowest BCUT2D eigenvalue weighted by molar-refractivity contribution is -0.274. The number of ether oxygens (including phenoxy) is 1. The predicted octanol–water partition coefficient (Wildman–Crippen LogP) is 4.80. The monoisotopic (exact) mass is 535 g/mol. The number of nitrogens with one attached hydrogen (secondary N) is 1. The Kier molecular flexibility index (Phi) is 6.13. The van der Waals surface area contributed by atoms with Crippen LogP contribution in [-0.2, 0) is 6.54 Å². The third kappa shape index (κ3) is 5.48. The van der Waals surface area contributed by atoms with Gasteiger partial charge >= 0.3 is 6.36 Å². The molecule has 0 saturated carbocycles. The maximum atomic E-state index is 12.3. The molecule has 0 saturated heterocycles. The van der Waals surface area contributed by atoms with Crippen LogP contribution in [0.4, 0.5) is 13.2 Å². The van der Waals surface area contributed by atoms with Crippen molar-refractivity contribution in [2.45, 2.75) is 12.9 Å². The largest absolute Gasteiger partial charge is 0.573 e. The molecule has 0 radical (unpaired) electrons. The highest BCUT2D eigenvalue weighted by Gasteiger charge is 2.31. The van der Waals surface area contributed by atoms with E-state index in [1.54, 1.807) is 0 Å². The summed E-state index contributed by atoms with van der Waals surface area (Å²) in [4.78, 5) is 16.2. The summed E-state index contributed by atoms with van der Waals surface area (Å²) in [6.45, 7) is -0.0753. The highest BCUT2D eigenvalue weighted by molar-refractivity contribution is 9.11. The molecule has 2 N–H and O–H groups in total. The second-order valence-corrected chi connectivity index (χ2v) is 7.30. The van der Waals surface area contributed by atoms with E-state index in [0.29, 0.717) is 20.1 Å². The number of amides is 1. The Hall–Kier alpha value is -2.60. The Bertz CT molecular complexity index is 1030. The second kappa shape index (κ2) is 8.41. The number of hydrogen-bond donors (Lipinski definition) is 2. The van der Waals surface area contributed by atoms with Crippen LogP contribution in [0.25, 0.3) is 11.5 Å². The molecule has 1 amide bonds. The van der Waals surface area contributed by atoms with Crippen LogP contribution in [-0.4, -0.2) is 27.5 Å². The topological polar surface area (TPSA) is 97.5 Å². The molecule has 1 aromatic heterocycles. The molecular formula is C17H10Br2F3N3O4. The third-order valence-corrected chi connectivity index (χ3v) is 4.69. The number of alkyl halides is 3. The van der Waals surface area contributed by atoms with E-state index in [2.05, 4.69) is 52.1 Å². The Balaban J connectivity index is 1.68. The van der Waals surface area contributed by atoms with Crippen LogP contribution < -0.4 is 10.1 Å². The first-order valence-corrected chi connectivity index (χ1v) is 9.36. The number of hydrogen-bond acceptors (Lipinski definition) is 6. The molecule has 0 atom stereocenters. The van der Waals surface area contributed by atoms with Gasteiger partial charge in [-0.05, 0) is 61.7 Å². The van der Waals surface area contributed by atoms with Gasteiger partial charge in [-0.2, -0.15) is 4.98 Å². The molecule has 29 heavy (non-hydrogen) atoms. The zero-order chi connectivity index (χ0) is 21.2. The SMILES string of the molecule is O=C(NCc1cccc(OC(F)(F)F)c1)c1noc(-c2cc(Br)c(O)c(Br)c2)n1. The molecule has 1 heterocycles. The van der Waals surface area contributed by atoms with Crippen LogP contribution in [0.1, 0.15) is 16.2 Å². The Labute approximate surface area is 178 Å². The molecule has 0 unspecified atom stereocenters. The van der Waals surface area contributed by atoms with Crippen LogP contribution >= 0.6 is 31.9 Å². The predicted molar refractivity (Wildman–Crippen MR) is 101 cm³/mol. The first-order valence-electron chi connectivity index (χ1n) is 7.77. The highest BCUT2D eigenvalue weighted by atomic mass is 79.9. The van der Waals surface area contributed by atoms with E-state index in [1.807, 2.05) is 0 Å². The van der Waals surface area contributed by atoms with E-state index >= 15 is 0 Å². The van der Waals surface area contributed by atoms with Gasteiger partial charge in [0.2, 0.25) is 0 Å². The van der Waals surface area contributed by atoms with E-state index in [-0.39, 0.29) is 24.0 Å². The number of carbonyl (C=O) groups excluding carboxylic acids is 1. The van der Waals surface area contributed by atoms with Crippen molar-refractivity contribution < 1.29 is 32.3 Å². The van der Waals surface area contributed by atoms with E-state index in [0.717, 1.165) is 12.1 Å². The van der Waals surface area contributed by atoms with Crippen molar-refractivity contribution in [3.05, 3.63) is 56.7 Å². The lowest BCUT2D eigenvalue weighted by Crippen LogP contribution is -2.24. The third-order valence-electron chi connectivity index (χ3n) is 3.48. The molecule has 0 bridgehead atoms. The summed E-state index contributed by atoms with van der Waals surface area (Å²) < 4.78 is 46.5. The van der Waals surface area contributed by atoms with Crippen molar-refractivity contribution in [1.29, 1.82) is 0 Å². The van der Waals surface area contributed by atoms with Gasteiger partial charge in [0, 0.05) is 12.1 Å². The van der Waals surface area contributed by atoms with Gasteiger partial charge in [0.25, 0.3) is 17.6 Å². The Morgan fingerprint density at radius 1 is 1.21 bits per heavy atom. The second-order valence-electron chi connectivity index (χ2n) is 5.59. The van der Waals surface area contributed by atoms with Gasteiger partial charge in [0.15, 0.2) is 0 Å². The number of aromatic hydroxyl groups is 1. The van der Waals surface area contributed by atoms with Gasteiger partial charge in [0.1, 0.15) is 11.5 Å². The fraction of sp³-hybridized carbons (Fsp3) is 0.118. The van der Waals surface area contributed by atoms with Gasteiger partial charge in [-0.25, -0.2) is 0 Å². The molecule has 3 aromatic rings. The fourth-order valence-corrected chi connectivity index (χ4v) is 3.42. The summed E-state index contributed by atoms with van der Waals surface area (Å²) in [6.07, 6.45) is -4.80. The van der Waals surface area contributed by atoms with Crippen molar-refractivity contribution in [2.75, 3.05) is 0 Å². The quantitative estimate of drug-likeness (QED) is 0.486. The summed E-state index contributed by atoms with van der Waals surface area (Å²) in [7, 11) is 0. The zero-order valence-corrected chi connectivity index (χ0v) is 17.3. The average molecular weight is 537 g/mol. The molecule has 0 aliphatic heterocycles. The van der Waals surface area contributed by atoms with Gasteiger partial charge in [-0.3, -0.25) is 4.79 Å². The highest BCUT2D eigenvalue weighted by Crippen LogP contribution is 2.36. The normalized spacial score (nSPS) is 11.3. The number of halogens is 5. The Morgan fingerprint density at radius 2 is 1.90 bits per heavy atom. The number of benzene rings is 2. The summed E-state index contributed by atoms with van der Waals surface area (Å²) in [6, 6.07) is 8.26. The first kappa shape index (κ1) is 21.1. The molecule has 2 aromatic carbocycles. The first-order chi connectivity index (χ1) is 13.6. The molecule has 152 valence electrons. The summed E-state index contributed by atoms with van der Waals surface area (Å²) in [5.41, 5.74) is 0.834. The molecule has 12 heteroatoms. The molecule has 0 aliphatic carbocycles. The lowest BCUT2D eigenvalue weighted by Gasteiger charge is -2.10. The maximum absolute atomic E-state index is 12.3. The number of nitrogens with zero attached hydrogens (tertiary/aromatic N) is 2. The lowest BCUT2D eigenvalue weighted by atomic mass is 10.2. The zero-order valence-electron chi connectivity index (χ0n) is 14.1. The van der Waals surface area contributed by atoms with Crippen LogP contribution in [0.5, 0.6) is 11.5 Å². The van der Waals surface area contributed by atoms with E-state index in [9.17, 15) is 23.1 Å². The minimum Gasteiger partial charge on any atom is -0.506 e. The summed E-state index contributed by atoms with van der Waals surface area (Å²) in [5, 5.41) is 15.8. The van der Waals surface area contributed by atoms with Crippen LogP contribution in [0.15, 0.2) is 49.9 Å². The van der Waals surface area contributed by atoms with E-state index in [4.69, 9.17) is 4.52 Å². The number of rotatable bonds is 5. The number of phenols is 1. The molecular weight excluding hydrogens is 527 g/mol. The van der Waals surface area contributed by atoms with Crippen LogP contribution in [0.3, 0.4) is 0 Å². The van der Waals surface area contributed by atoms with Crippen LogP contribution in [0.2, 0.25) is 0 Å². The van der Waals surface area contributed by atoms with Gasteiger partial charge in [-0.1, -0.05) is 17.3 Å². The number of carbonyl (C=O) groups is 1. The average Bonchev–Trinajstić information content (AvgIpc) is 3.13. The smallest absolute Gasteiger partial charge is 0.506 e. The van der Waals surface area contributed by atoms with Gasteiger partial charge in [0.05, 0.1) is 8.95 Å². The standard InChI is InChI=1S/C17H10Br2F3N3O4/c18-11-5-9(6-12(19)13(11)26)16-24-14(25-29-16)15(27)23-7-8-2-1-3-10(4-8)28-17(20,21)22/h1-6,26H,7H2,(H,23,27). The molecule has 0 aliphatic rings. The minimum atomic E-state index is -4.80. The van der Waals surface area contributed by atoms with Crippen molar-refractivity contribution >= 4 is 37.8 Å². The van der Waals surface area contributed by atoms with Crippen molar-refractivity contribution in [3.8, 4) is 23.0 Å². The van der Waals surface area contributed by atoms with Crippen molar-refractivity contribution in [3.63, 3.8) is 0 Å². The van der Waals surface area contributed by atoms with E-state index in [1.165, 1.54) is 24.3 Å². The Morgan fingerprint density at radius 3 is 2.55 bits per heavy atom.